The Kier molecular flexibility index (Phi) is 4.15. The van der Waals surface area contributed by atoms with Gasteiger partial charge in [-0.05, 0) is 35.2 Å². The second-order valence-corrected chi connectivity index (χ2v) is 6.34. The van der Waals surface area contributed by atoms with E-state index < -0.39 is 11.7 Å². The fraction of sp³-hybridized carbons (Fsp3) is 0.389. The molecule has 2 aromatic rings. The van der Waals surface area contributed by atoms with Gasteiger partial charge in [0.05, 0.1) is 17.3 Å². The van der Waals surface area contributed by atoms with Crippen LogP contribution < -0.4 is 0 Å². The molecule has 0 aliphatic carbocycles. The van der Waals surface area contributed by atoms with Gasteiger partial charge in [0.25, 0.3) is 0 Å². The summed E-state index contributed by atoms with van der Waals surface area (Å²) in [5, 5.41) is 0. The Bertz CT molecular complexity index is 677. The van der Waals surface area contributed by atoms with E-state index in [9.17, 15) is 13.2 Å². The summed E-state index contributed by atoms with van der Waals surface area (Å²) in [5.74, 6) is 0.389. The molecule has 1 unspecified atom stereocenters. The van der Waals surface area contributed by atoms with Gasteiger partial charge in [0, 0.05) is 19.3 Å². The molecule has 0 bridgehead atoms. The number of hydrogen-bond acceptors (Lipinski definition) is 2. The van der Waals surface area contributed by atoms with E-state index >= 15 is 0 Å². The van der Waals surface area contributed by atoms with Gasteiger partial charge in [-0.25, -0.2) is 0 Å². The Balaban J connectivity index is 1.80. The third-order valence-corrected chi connectivity index (χ3v) is 4.27. The van der Waals surface area contributed by atoms with Crippen LogP contribution in [0.1, 0.15) is 42.3 Å². The van der Waals surface area contributed by atoms with Crippen LogP contribution in [0, 0.1) is 5.92 Å². The monoisotopic (exact) mass is 320 g/mol. The quantitative estimate of drug-likeness (QED) is 0.806. The van der Waals surface area contributed by atoms with Crippen molar-refractivity contribution in [2.24, 2.45) is 5.92 Å². The van der Waals surface area contributed by atoms with Crippen molar-refractivity contribution in [1.29, 1.82) is 0 Å². The summed E-state index contributed by atoms with van der Waals surface area (Å²) in [5.41, 5.74) is 2.58. The van der Waals surface area contributed by atoms with E-state index in [1.165, 1.54) is 5.56 Å². The first-order chi connectivity index (χ1) is 10.9. The van der Waals surface area contributed by atoms with Crippen LogP contribution in [0.15, 0.2) is 42.6 Å². The summed E-state index contributed by atoms with van der Waals surface area (Å²) >= 11 is 0. The molecule has 0 saturated heterocycles. The standard InChI is InChI=1S/C18H19F3N2/c1-12(2)17-16-14(4-3-9-22-16)11-23(17)10-13-5-7-15(8-6-13)18(19,20)21/h3-9,12,17H,10-11H2,1-2H3. The maximum atomic E-state index is 12.7. The lowest BCUT2D eigenvalue weighted by atomic mass is 10.00. The molecule has 1 aliphatic rings. The minimum Gasteiger partial charge on any atom is -0.286 e. The van der Waals surface area contributed by atoms with Crippen molar-refractivity contribution in [3.63, 3.8) is 0 Å². The van der Waals surface area contributed by atoms with Gasteiger partial charge in [-0.2, -0.15) is 13.2 Å². The Morgan fingerprint density at radius 3 is 2.48 bits per heavy atom. The van der Waals surface area contributed by atoms with Gasteiger partial charge in [-0.15, -0.1) is 0 Å². The van der Waals surface area contributed by atoms with E-state index in [-0.39, 0.29) is 6.04 Å². The summed E-state index contributed by atoms with van der Waals surface area (Å²) in [4.78, 5) is 6.79. The van der Waals surface area contributed by atoms with Gasteiger partial charge in [-0.3, -0.25) is 9.88 Å². The molecule has 1 aromatic carbocycles. The molecule has 122 valence electrons. The first kappa shape index (κ1) is 16.0. The SMILES string of the molecule is CC(C)C1c2ncccc2CN1Cc1ccc(C(F)(F)F)cc1. The van der Waals surface area contributed by atoms with Gasteiger partial charge >= 0.3 is 6.18 Å². The second kappa shape index (κ2) is 5.96. The van der Waals surface area contributed by atoms with E-state index in [0.29, 0.717) is 12.5 Å². The van der Waals surface area contributed by atoms with Crippen molar-refractivity contribution in [3.8, 4) is 0 Å². The largest absolute Gasteiger partial charge is 0.416 e. The molecule has 0 fully saturated rings. The van der Waals surface area contributed by atoms with Crippen molar-refractivity contribution in [2.45, 2.75) is 39.2 Å². The zero-order valence-electron chi connectivity index (χ0n) is 13.1. The number of nitrogens with zero attached hydrogens (tertiary/aromatic N) is 2. The molecular formula is C18H19F3N2. The number of rotatable bonds is 3. The first-order valence-electron chi connectivity index (χ1n) is 7.70. The van der Waals surface area contributed by atoms with Crippen LogP contribution in [-0.2, 0) is 19.3 Å². The lowest BCUT2D eigenvalue weighted by molar-refractivity contribution is -0.137. The van der Waals surface area contributed by atoms with Crippen molar-refractivity contribution in [1.82, 2.24) is 9.88 Å². The lowest BCUT2D eigenvalue weighted by Crippen LogP contribution is -2.25. The smallest absolute Gasteiger partial charge is 0.286 e. The van der Waals surface area contributed by atoms with Crippen molar-refractivity contribution < 1.29 is 13.2 Å². The molecule has 3 rings (SSSR count). The average Bonchev–Trinajstić information content (AvgIpc) is 2.84. The topological polar surface area (TPSA) is 16.1 Å². The minimum absolute atomic E-state index is 0.202. The highest BCUT2D eigenvalue weighted by Crippen LogP contribution is 2.38. The van der Waals surface area contributed by atoms with E-state index in [1.807, 2.05) is 6.07 Å². The number of alkyl halides is 3. The molecular weight excluding hydrogens is 301 g/mol. The van der Waals surface area contributed by atoms with E-state index in [0.717, 1.165) is 29.9 Å². The normalized spacial score (nSPS) is 18.4. The van der Waals surface area contributed by atoms with Crippen LogP contribution in [0.4, 0.5) is 13.2 Å². The van der Waals surface area contributed by atoms with Crippen molar-refractivity contribution in [2.75, 3.05) is 0 Å². The van der Waals surface area contributed by atoms with Crippen LogP contribution in [-0.4, -0.2) is 9.88 Å². The molecule has 1 aromatic heterocycles. The summed E-state index contributed by atoms with van der Waals surface area (Å²) in [6, 6.07) is 9.64. The summed E-state index contributed by atoms with van der Waals surface area (Å²) in [6.45, 7) is 5.70. The molecule has 1 atom stereocenters. The van der Waals surface area contributed by atoms with Crippen molar-refractivity contribution >= 4 is 0 Å². The number of halogens is 3. The third-order valence-electron chi connectivity index (χ3n) is 4.27. The van der Waals surface area contributed by atoms with E-state index in [2.05, 4.69) is 29.8 Å². The Labute approximate surface area is 134 Å². The highest BCUT2D eigenvalue weighted by Gasteiger charge is 2.34. The van der Waals surface area contributed by atoms with Crippen LogP contribution in [0.25, 0.3) is 0 Å². The number of aromatic nitrogens is 1. The maximum Gasteiger partial charge on any atom is 0.416 e. The number of fused-ring (bicyclic) bond motifs is 1. The molecule has 2 heterocycles. The lowest BCUT2D eigenvalue weighted by Gasteiger charge is -2.27. The second-order valence-electron chi connectivity index (χ2n) is 6.34. The zero-order valence-corrected chi connectivity index (χ0v) is 13.1. The maximum absolute atomic E-state index is 12.7. The summed E-state index contributed by atoms with van der Waals surface area (Å²) in [7, 11) is 0. The average molecular weight is 320 g/mol. The Morgan fingerprint density at radius 1 is 1.17 bits per heavy atom. The molecule has 0 N–H and O–H groups in total. The predicted octanol–water partition coefficient (Wildman–Crippen LogP) is 4.81. The van der Waals surface area contributed by atoms with Crippen LogP contribution in [0.2, 0.25) is 0 Å². The highest BCUT2D eigenvalue weighted by atomic mass is 19.4. The number of pyridine rings is 1. The fourth-order valence-electron chi connectivity index (χ4n) is 3.27. The fourth-order valence-corrected chi connectivity index (χ4v) is 3.27. The number of benzene rings is 1. The van der Waals surface area contributed by atoms with Gasteiger partial charge in [0.15, 0.2) is 0 Å². The highest BCUT2D eigenvalue weighted by molar-refractivity contribution is 5.30. The van der Waals surface area contributed by atoms with Gasteiger partial charge < -0.3 is 0 Å². The minimum atomic E-state index is -4.28. The summed E-state index contributed by atoms with van der Waals surface area (Å²) < 4.78 is 38.0. The molecule has 2 nitrogen and oxygen atoms in total. The Hall–Kier alpha value is -1.88. The number of hydrogen-bond donors (Lipinski definition) is 0. The van der Waals surface area contributed by atoms with Crippen LogP contribution in [0.5, 0.6) is 0 Å². The summed E-state index contributed by atoms with van der Waals surface area (Å²) in [6.07, 6.45) is -2.48. The van der Waals surface area contributed by atoms with Crippen molar-refractivity contribution in [3.05, 3.63) is 65.0 Å². The van der Waals surface area contributed by atoms with E-state index in [1.54, 1.807) is 18.3 Å². The van der Waals surface area contributed by atoms with Gasteiger partial charge in [0.2, 0.25) is 0 Å². The van der Waals surface area contributed by atoms with Gasteiger partial charge in [0.1, 0.15) is 0 Å². The molecule has 5 heteroatoms. The molecule has 0 spiro atoms. The first-order valence-corrected chi connectivity index (χ1v) is 7.70. The molecule has 23 heavy (non-hydrogen) atoms. The Morgan fingerprint density at radius 2 is 1.87 bits per heavy atom. The zero-order chi connectivity index (χ0) is 16.6. The molecule has 0 amide bonds. The van der Waals surface area contributed by atoms with Crippen LogP contribution >= 0.6 is 0 Å². The van der Waals surface area contributed by atoms with E-state index in [4.69, 9.17) is 0 Å². The van der Waals surface area contributed by atoms with Gasteiger partial charge in [-0.1, -0.05) is 32.0 Å². The molecule has 0 saturated carbocycles. The molecule has 0 radical (unpaired) electrons. The third kappa shape index (κ3) is 3.24. The van der Waals surface area contributed by atoms with Crippen LogP contribution in [0.3, 0.4) is 0 Å². The predicted molar refractivity (Wildman–Crippen MR) is 82.5 cm³/mol. The molecule has 1 aliphatic heterocycles.